The molecule has 1 unspecified atom stereocenters. The summed E-state index contributed by atoms with van der Waals surface area (Å²) in [5, 5.41) is 14.3. The number of nitro groups is 1. The minimum absolute atomic E-state index is 0.104. The van der Waals surface area contributed by atoms with Crippen molar-refractivity contribution in [2.24, 2.45) is 0 Å². The Balaban J connectivity index is 1.67. The quantitative estimate of drug-likeness (QED) is 0.617. The van der Waals surface area contributed by atoms with E-state index in [1.807, 2.05) is 0 Å². The van der Waals surface area contributed by atoms with Crippen molar-refractivity contribution in [2.75, 3.05) is 13.2 Å². The Morgan fingerprint density at radius 2 is 2.24 bits per heavy atom. The van der Waals surface area contributed by atoms with E-state index in [1.165, 1.54) is 18.9 Å². The molecule has 1 aromatic carbocycles. The molecule has 3 rings (SSSR count). The van der Waals surface area contributed by atoms with Gasteiger partial charge in [-0.1, -0.05) is 0 Å². The third-order valence-corrected chi connectivity index (χ3v) is 3.86. The zero-order valence-electron chi connectivity index (χ0n) is 11.9. The Hall–Kier alpha value is -1.66. The molecule has 1 saturated heterocycles. The molecular weight excluding hydrogens is 272 g/mol. The SMILES string of the molecule is O=[N+]([O-])c1ccc(OCC2CCCO2)c(CNC2CC2)c1. The van der Waals surface area contributed by atoms with Crippen LogP contribution in [0.1, 0.15) is 31.2 Å². The summed E-state index contributed by atoms with van der Waals surface area (Å²) in [6, 6.07) is 5.33. The van der Waals surface area contributed by atoms with Gasteiger partial charge < -0.3 is 14.8 Å². The molecule has 0 bridgehead atoms. The van der Waals surface area contributed by atoms with Crippen LogP contribution in [0.2, 0.25) is 0 Å². The second-order valence-corrected chi connectivity index (χ2v) is 5.65. The largest absolute Gasteiger partial charge is 0.491 e. The van der Waals surface area contributed by atoms with E-state index in [9.17, 15) is 10.1 Å². The van der Waals surface area contributed by atoms with E-state index in [2.05, 4.69) is 5.32 Å². The number of ether oxygens (including phenoxy) is 2. The molecule has 1 N–H and O–H groups in total. The Morgan fingerprint density at radius 1 is 1.38 bits per heavy atom. The number of non-ortho nitro benzene ring substituents is 1. The maximum absolute atomic E-state index is 10.9. The van der Waals surface area contributed by atoms with Crippen molar-refractivity contribution >= 4 is 5.69 Å². The highest BCUT2D eigenvalue weighted by Gasteiger charge is 2.22. The normalized spacial score (nSPS) is 21.4. The molecule has 1 saturated carbocycles. The zero-order valence-corrected chi connectivity index (χ0v) is 11.9. The third-order valence-electron chi connectivity index (χ3n) is 3.86. The lowest BCUT2D eigenvalue weighted by atomic mass is 10.1. The highest BCUT2D eigenvalue weighted by atomic mass is 16.6. The molecule has 1 aliphatic carbocycles. The van der Waals surface area contributed by atoms with Gasteiger partial charge in [0.25, 0.3) is 5.69 Å². The van der Waals surface area contributed by atoms with Gasteiger partial charge in [0.2, 0.25) is 0 Å². The fourth-order valence-electron chi connectivity index (χ4n) is 2.46. The van der Waals surface area contributed by atoms with Crippen molar-refractivity contribution in [3.05, 3.63) is 33.9 Å². The van der Waals surface area contributed by atoms with Crippen LogP contribution in [0.4, 0.5) is 5.69 Å². The van der Waals surface area contributed by atoms with Gasteiger partial charge in [-0.3, -0.25) is 10.1 Å². The molecule has 2 fully saturated rings. The van der Waals surface area contributed by atoms with Gasteiger partial charge >= 0.3 is 0 Å². The molecule has 1 heterocycles. The second-order valence-electron chi connectivity index (χ2n) is 5.65. The third kappa shape index (κ3) is 3.92. The minimum atomic E-state index is -0.371. The fourth-order valence-corrected chi connectivity index (χ4v) is 2.46. The summed E-state index contributed by atoms with van der Waals surface area (Å²) in [6.45, 7) is 1.91. The summed E-state index contributed by atoms with van der Waals surface area (Å²) in [6.07, 6.45) is 4.60. The van der Waals surface area contributed by atoms with Crippen molar-refractivity contribution in [1.29, 1.82) is 0 Å². The van der Waals surface area contributed by atoms with Crippen LogP contribution in [0.15, 0.2) is 18.2 Å². The first-order valence-electron chi connectivity index (χ1n) is 7.47. The van der Waals surface area contributed by atoms with Crippen LogP contribution < -0.4 is 10.1 Å². The van der Waals surface area contributed by atoms with Crippen molar-refractivity contribution in [3.8, 4) is 5.75 Å². The number of nitrogens with zero attached hydrogens (tertiary/aromatic N) is 1. The molecule has 0 spiro atoms. The first kappa shape index (κ1) is 14.3. The zero-order chi connectivity index (χ0) is 14.7. The van der Waals surface area contributed by atoms with E-state index < -0.39 is 0 Å². The first-order chi connectivity index (χ1) is 10.2. The van der Waals surface area contributed by atoms with Crippen LogP contribution >= 0.6 is 0 Å². The van der Waals surface area contributed by atoms with Crippen LogP contribution in [-0.2, 0) is 11.3 Å². The Bertz CT molecular complexity index is 510. The smallest absolute Gasteiger partial charge is 0.270 e. The predicted octanol–water partition coefficient (Wildman–Crippen LogP) is 2.40. The van der Waals surface area contributed by atoms with Gasteiger partial charge in [0.15, 0.2) is 0 Å². The molecule has 1 atom stereocenters. The summed E-state index contributed by atoms with van der Waals surface area (Å²) >= 11 is 0. The molecule has 1 aliphatic heterocycles. The first-order valence-corrected chi connectivity index (χ1v) is 7.47. The van der Waals surface area contributed by atoms with Crippen molar-refractivity contribution < 1.29 is 14.4 Å². The number of hydrogen-bond donors (Lipinski definition) is 1. The van der Waals surface area contributed by atoms with E-state index in [0.29, 0.717) is 24.9 Å². The van der Waals surface area contributed by atoms with Crippen LogP contribution in [-0.4, -0.2) is 30.3 Å². The van der Waals surface area contributed by atoms with Crippen molar-refractivity contribution in [1.82, 2.24) is 5.32 Å². The van der Waals surface area contributed by atoms with Crippen LogP contribution in [0.3, 0.4) is 0 Å². The van der Waals surface area contributed by atoms with Gasteiger partial charge in [-0.2, -0.15) is 0 Å². The molecular formula is C15H20N2O4. The van der Waals surface area contributed by atoms with Gasteiger partial charge in [0, 0.05) is 36.9 Å². The molecule has 1 aromatic rings. The number of rotatable bonds is 7. The highest BCUT2D eigenvalue weighted by Crippen LogP contribution is 2.27. The second kappa shape index (κ2) is 6.41. The summed E-state index contributed by atoms with van der Waals surface area (Å²) in [4.78, 5) is 10.5. The number of nitro benzene ring substituents is 1. The molecule has 114 valence electrons. The predicted molar refractivity (Wildman–Crippen MR) is 77.4 cm³/mol. The van der Waals surface area contributed by atoms with Gasteiger partial charge in [-0.25, -0.2) is 0 Å². The Morgan fingerprint density at radius 3 is 2.90 bits per heavy atom. The van der Waals surface area contributed by atoms with Crippen LogP contribution in [0, 0.1) is 10.1 Å². The van der Waals surface area contributed by atoms with E-state index in [4.69, 9.17) is 9.47 Å². The summed E-state index contributed by atoms with van der Waals surface area (Å²) in [5.41, 5.74) is 0.946. The Kier molecular flexibility index (Phi) is 4.36. The lowest BCUT2D eigenvalue weighted by Crippen LogP contribution is -2.19. The van der Waals surface area contributed by atoms with Gasteiger partial charge in [0.1, 0.15) is 12.4 Å². The van der Waals surface area contributed by atoms with E-state index in [0.717, 1.165) is 25.0 Å². The van der Waals surface area contributed by atoms with E-state index in [-0.39, 0.29) is 16.7 Å². The Labute approximate surface area is 123 Å². The molecule has 0 radical (unpaired) electrons. The number of benzene rings is 1. The molecule has 0 amide bonds. The lowest BCUT2D eigenvalue weighted by molar-refractivity contribution is -0.384. The van der Waals surface area contributed by atoms with Gasteiger partial charge in [-0.15, -0.1) is 0 Å². The average molecular weight is 292 g/mol. The molecule has 21 heavy (non-hydrogen) atoms. The van der Waals surface area contributed by atoms with Crippen molar-refractivity contribution in [2.45, 2.75) is 44.4 Å². The maximum Gasteiger partial charge on any atom is 0.270 e. The topological polar surface area (TPSA) is 73.6 Å². The van der Waals surface area contributed by atoms with Crippen molar-refractivity contribution in [3.63, 3.8) is 0 Å². The van der Waals surface area contributed by atoms with Crippen LogP contribution in [0.25, 0.3) is 0 Å². The minimum Gasteiger partial charge on any atom is -0.491 e. The van der Waals surface area contributed by atoms with Gasteiger partial charge in [0.05, 0.1) is 11.0 Å². The molecule has 2 aliphatic rings. The molecule has 6 heteroatoms. The molecule has 0 aromatic heterocycles. The van der Waals surface area contributed by atoms with Gasteiger partial charge in [-0.05, 0) is 31.7 Å². The van der Waals surface area contributed by atoms with E-state index >= 15 is 0 Å². The standard InChI is InChI=1S/C15H20N2O4/c18-17(19)13-5-6-15(21-10-14-2-1-7-20-14)11(8-13)9-16-12-3-4-12/h5-6,8,12,14,16H,1-4,7,9-10H2. The summed E-state index contributed by atoms with van der Waals surface area (Å²) in [7, 11) is 0. The average Bonchev–Trinajstić information content (AvgIpc) is 3.17. The van der Waals surface area contributed by atoms with E-state index in [1.54, 1.807) is 12.1 Å². The monoisotopic (exact) mass is 292 g/mol. The van der Waals surface area contributed by atoms with Crippen LogP contribution in [0.5, 0.6) is 5.75 Å². The lowest BCUT2D eigenvalue weighted by Gasteiger charge is -2.15. The summed E-state index contributed by atoms with van der Waals surface area (Å²) < 4.78 is 11.4. The number of nitrogens with one attached hydrogen (secondary N) is 1. The maximum atomic E-state index is 10.9. The number of hydrogen-bond acceptors (Lipinski definition) is 5. The fraction of sp³-hybridized carbons (Fsp3) is 0.600. The molecule has 6 nitrogen and oxygen atoms in total. The highest BCUT2D eigenvalue weighted by molar-refractivity contribution is 5.43. The summed E-state index contributed by atoms with van der Waals surface area (Å²) in [5.74, 6) is 0.712.